The molecule has 1 amide bonds. The van der Waals surface area contributed by atoms with Crippen LogP contribution in [0.25, 0.3) is 0 Å². The third kappa shape index (κ3) is 7.71. The number of ether oxygens (including phenoxy) is 1. The molecule has 192 valence electrons. The van der Waals surface area contributed by atoms with Crippen molar-refractivity contribution in [2.45, 2.75) is 65.1 Å². The van der Waals surface area contributed by atoms with Crippen molar-refractivity contribution in [1.29, 1.82) is 0 Å². The molecule has 0 spiro atoms. The van der Waals surface area contributed by atoms with E-state index >= 15 is 0 Å². The number of allylic oxidation sites excluding steroid dienone is 1. The lowest BCUT2D eigenvalue weighted by Crippen LogP contribution is -2.15. The van der Waals surface area contributed by atoms with Crippen molar-refractivity contribution in [2.24, 2.45) is 0 Å². The molecule has 0 saturated carbocycles. The van der Waals surface area contributed by atoms with E-state index < -0.39 is 0 Å². The fourth-order valence-electron chi connectivity index (χ4n) is 3.98. The topological polar surface area (TPSA) is 69.0 Å². The highest BCUT2D eigenvalue weighted by molar-refractivity contribution is 9.10. The minimum atomic E-state index is -0.0706. The minimum absolute atomic E-state index is 0.0706. The number of halogens is 1. The molecule has 0 aliphatic heterocycles. The predicted molar refractivity (Wildman–Crippen MR) is 152 cm³/mol. The van der Waals surface area contributed by atoms with Gasteiger partial charge in [-0.05, 0) is 79.6 Å². The highest BCUT2D eigenvalue weighted by Crippen LogP contribution is 2.31. The summed E-state index contributed by atoms with van der Waals surface area (Å²) in [5, 5.41) is 12.4. The Labute approximate surface area is 227 Å². The van der Waals surface area contributed by atoms with Crippen LogP contribution < -0.4 is 10.1 Å². The summed E-state index contributed by atoms with van der Waals surface area (Å²) >= 11 is 5.04. The number of aryl methyl sites for hydroxylation is 4. The number of carbonyl (C=O) groups is 1. The largest absolute Gasteiger partial charge is 0.493 e. The van der Waals surface area contributed by atoms with Gasteiger partial charge in [0.05, 0.1) is 12.4 Å². The van der Waals surface area contributed by atoms with Gasteiger partial charge in [-0.15, -0.1) is 16.8 Å². The van der Waals surface area contributed by atoms with Gasteiger partial charge in [0, 0.05) is 23.1 Å². The van der Waals surface area contributed by atoms with Crippen molar-refractivity contribution < 1.29 is 9.53 Å². The van der Waals surface area contributed by atoms with E-state index in [1.807, 2.05) is 36.6 Å². The zero-order valence-corrected chi connectivity index (χ0v) is 24.1. The fourth-order valence-corrected chi connectivity index (χ4v) is 5.66. The number of amides is 1. The third-order valence-electron chi connectivity index (χ3n) is 5.66. The highest BCUT2D eigenvalue weighted by atomic mass is 79.9. The van der Waals surface area contributed by atoms with Gasteiger partial charge >= 0.3 is 0 Å². The molecule has 3 rings (SSSR count). The van der Waals surface area contributed by atoms with E-state index in [-0.39, 0.29) is 11.7 Å². The Morgan fingerprint density at radius 1 is 1.17 bits per heavy atom. The molecule has 3 aromatic rings. The molecule has 1 aromatic heterocycles. The summed E-state index contributed by atoms with van der Waals surface area (Å²) in [5.41, 5.74) is 5.40. The molecule has 2 aromatic carbocycles. The first-order valence-electron chi connectivity index (χ1n) is 12.1. The van der Waals surface area contributed by atoms with E-state index in [0.29, 0.717) is 24.2 Å². The smallest absolute Gasteiger partial charge is 0.234 e. The van der Waals surface area contributed by atoms with Crippen LogP contribution in [0.4, 0.5) is 5.69 Å². The molecule has 1 N–H and O–H groups in total. The summed E-state index contributed by atoms with van der Waals surface area (Å²) in [4.78, 5) is 12.5. The molecule has 0 fully saturated rings. The summed E-state index contributed by atoms with van der Waals surface area (Å²) in [5.74, 6) is 2.39. The van der Waals surface area contributed by atoms with E-state index in [1.165, 1.54) is 17.3 Å². The molecular formula is C28H35BrN4O2S. The van der Waals surface area contributed by atoms with Crippen molar-refractivity contribution in [2.75, 3.05) is 17.7 Å². The van der Waals surface area contributed by atoms with E-state index in [2.05, 4.69) is 77.0 Å². The molecule has 0 aliphatic carbocycles. The summed E-state index contributed by atoms with van der Waals surface area (Å²) in [6.07, 6.45) is 3.35. The van der Waals surface area contributed by atoms with E-state index in [9.17, 15) is 4.79 Å². The average Bonchev–Trinajstić information content (AvgIpc) is 3.17. The van der Waals surface area contributed by atoms with Crippen molar-refractivity contribution in [3.8, 4) is 5.75 Å². The van der Waals surface area contributed by atoms with Crippen LogP contribution in [-0.2, 0) is 17.8 Å². The van der Waals surface area contributed by atoms with E-state index in [1.54, 1.807) is 0 Å². The maximum absolute atomic E-state index is 12.5. The Hall–Kier alpha value is -2.58. The second-order valence-corrected chi connectivity index (χ2v) is 11.1. The summed E-state index contributed by atoms with van der Waals surface area (Å²) in [7, 11) is 0. The summed E-state index contributed by atoms with van der Waals surface area (Å²) in [6, 6.07) is 10.3. The molecule has 0 bridgehead atoms. The second kappa shape index (κ2) is 13.1. The van der Waals surface area contributed by atoms with Crippen LogP contribution in [0.3, 0.4) is 0 Å². The zero-order chi connectivity index (χ0) is 26.2. The van der Waals surface area contributed by atoms with Gasteiger partial charge < -0.3 is 14.6 Å². The third-order valence-corrected chi connectivity index (χ3v) is 7.32. The van der Waals surface area contributed by atoms with Gasteiger partial charge in [0.2, 0.25) is 5.91 Å². The maximum Gasteiger partial charge on any atom is 0.234 e. The predicted octanol–water partition coefficient (Wildman–Crippen LogP) is 7.02. The highest BCUT2D eigenvalue weighted by Gasteiger charge is 2.15. The Morgan fingerprint density at radius 2 is 1.89 bits per heavy atom. The summed E-state index contributed by atoms with van der Waals surface area (Å²) in [6.45, 7) is 15.5. The molecule has 0 atom stereocenters. The number of nitrogens with zero attached hydrogens (tertiary/aromatic N) is 3. The molecule has 8 heteroatoms. The second-order valence-electron chi connectivity index (χ2n) is 9.26. The van der Waals surface area contributed by atoms with Crippen LogP contribution in [0, 0.1) is 20.8 Å². The molecular weight excluding hydrogens is 536 g/mol. The molecule has 0 aliphatic rings. The Morgan fingerprint density at radius 3 is 2.56 bits per heavy atom. The fraction of sp³-hybridized carbons (Fsp3) is 0.393. The van der Waals surface area contributed by atoms with E-state index in [4.69, 9.17) is 4.74 Å². The average molecular weight is 572 g/mol. The van der Waals surface area contributed by atoms with Gasteiger partial charge in [-0.3, -0.25) is 4.79 Å². The summed E-state index contributed by atoms with van der Waals surface area (Å²) < 4.78 is 9.24. The number of nitrogens with one attached hydrogen (secondary N) is 1. The van der Waals surface area contributed by atoms with Crippen LogP contribution in [0.1, 0.15) is 54.3 Å². The van der Waals surface area contributed by atoms with Gasteiger partial charge in [-0.2, -0.15) is 0 Å². The van der Waals surface area contributed by atoms with Gasteiger partial charge in [0.1, 0.15) is 11.6 Å². The molecule has 0 saturated heterocycles. The number of anilines is 1. The van der Waals surface area contributed by atoms with Gasteiger partial charge in [0.15, 0.2) is 5.16 Å². The lowest BCUT2D eigenvalue weighted by Gasteiger charge is -2.15. The SMILES string of the molecule is C=CCn1c(CCCOc2cc(C(C)C)c(Br)cc2C)nnc1SCC(=O)Nc1cc(C)cc(C)c1. The normalized spacial score (nSPS) is 11.1. The zero-order valence-electron chi connectivity index (χ0n) is 21.7. The standard InChI is InChI=1S/C28H35BrN4O2S/c1-7-10-33-26(9-8-11-35-25-16-23(18(2)3)24(29)15-21(25)6)31-32-28(33)36-17-27(34)30-22-13-19(4)12-20(5)14-22/h7,12-16,18H,1,8-11,17H2,2-6H3,(H,30,34). The lowest BCUT2D eigenvalue weighted by molar-refractivity contribution is -0.113. The van der Waals surface area contributed by atoms with Crippen LogP contribution in [0.5, 0.6) is 5.75 Å². The number of aromatic nitrogens is 3. The van der Waals surface area contributed by atoms with Crippen molar-refractivity contribution >= 4 is 39.3 Å². The Kier molecular flexibility index (Phi) is 10.2. The first-order valence-corrected chi connectivity index (χ1v) is 13.9. The quantitative estimate of drug-likeness (QED) is 0.144. The van der Waals surface area contributed by atoms with Gasteiger partial charge in [-0.25, -0.2) is 0 Å². The lowest BCUT2D eigenvalue weighted by atomic mass is 10.0. The van der Waals surface area contributed by atoms with Crippen molar-refractivity contribution in [3.63, 3.8) is 0 Å². The van der Waals surface area contributed by atoms with Crippen LogP contribution >= 0.6 is 27.7 Å². The van der Waals surface area contributed by atoms with Gasteiger partial charge in [0.25, 0.3) is 0 Å². The molecule has 1 heterocycles. The first kappa shape index (κ1) is 28.0. The van der Waals surface area contributed by atoms with Crippen molar-refractivity contribution in [3.05, 3.63) is 75.5 Å². The van der Waals surface area contributed by atoms with Gasteiger partial charge in [-0.1, -0.05) is 53.7 Å². The van der Waals surface area contributed by atoms with Crippen LogP contribution in [0.2, 0.25) is 0 Å². The molecule has 0 radical (unpaired) electrons. The monoisotopic (exact) mass is 570 g/mol. The number of thioether (sulfide) groups is 1. The molecule has 6 nitrogen and oxygen atoms in total. The first-order chi connectivity index (χ1) is 17.2. The number of rotatable bonds is 12. The van der Waals surface area contributed by atoms with Crippen LogP contribution in [0.15, 0.2) is 52.6 Å². The Balaban J connectivity index is 1.56. The minimum Gasteiger partial charge on any atom is -0.493 e. The maximum atomic E-state index is 12.5. The number of hydrogen-bond acceptors (Lipinski definition) is 5. The molecule has 0 unspecified atom stereocenters. The van der Waals surface area contributed by atoms with E-state index in [0.717, 1.165) is 51.3 Å². The molecule has 36 heavy (non-hydrogen) atoms. The number of hydrogen-bond donors (Lipinski definition) is 1. The number of carbonyl (C=O) groups excluding carboxylic acids is 1. The van der Waals surface area contributed by atoms with Crippen molar-refractivity contribution in [1.82, 2.24) is 14.8 Å². The Bertz CT molecular complexity index is 1200. The van der Waals surface area contributed by atoms with Crippen LogP contribution in [-0.4, -0.2) is 33.0 Å². The number of benzene rings is 2.